The summed E-state index contributed by atoms with van der Waals surface area (Å²) >= 11 is 0. The first-order valence-corrected chi connectivity index (χ1v) is 11.3. The largest absolute Gasteiger partial charge is 0.481 e. The van der Waals surface area contributed by atoms with Crippen molar-refractivity contribution in [3.8, 4) is 0 Å². The van der Waals surface area contributed by atoms with Crippen molar-refractivity contribution >= 4 is 34.4 Å². The van der Waals surface area contributed by atoms with Gasteiger partial charge in [0.25, 0.3) is 5.91 Å². The first-order valence-electron chi connectivity index (χ1n) is 11.3. The summed E-state index contributed by atoms with van der Waals surface area (Å²) in [7, 11) is 0. The van der Waals surface area contributed by atoms with Crippen molar-refractivity contribution in [2.45, 2.75) is 45.4 Å². The summed E-state index contributed by atoms with van der Waals surface area (Å²) in [5.74, 6) is -0.970. The van der Waals surface area contributed by atoms with Crippen LogP contribution in [0, 0.1) is 5.41 Å². The SMILES string of the molecule is CC(C)(CCCC1CNC(=O)c2[nH]c3ccc(NC(=O)Cc4ccccc4)cc3c21)C(=O)O. The van der Waals surface area contributed by atoms with Gasteiger partial charge in [0.2, 0.25) is 5.91 Å². The molecule has 0 fully saturated rings. The fourth-order valence-corrected chi connectivity index (χ4v) is 4.43. The molecule has 0 spiro atoms. The number of carboxylic acid groups (broad SMARTS) is 1. The standard InChI is InChI=1S/C26H29N3O4/c1-26(2,25(32)33)12-6-9-17-15-27-24(31)23-22(17)19-14-18(10-11-20(19)29-23)28-21(30)13-16-7-4-3-5-8-16/h3-5,7-8,10-11,14,17,29H,6,9,12-13,15H2,1-2H3,(H,27,31)(H,28,30)(H,32,33). The second-order valence-corrected chi connectivity index (χ2v) is 9.37. The molecule has 33 heavy (non-hydrogen) atoms. The number of nitrogens with one attached hydrogen (secondary N) is 3. The lowest BCUT2D eigenvalue weighted by molar-refractivity contribution is -0.147. The molecule has 7 nitrogen and oxygen atoms in total. The van der Waals surface area contributed by atoms with Gasteiger partial charge < -0.3 is 20.7 Å². The molecule has 2 heterocycles. The van der Waals surface area contributed by atoms with Crippen molar-refractivity contribution in [2.24, 2.45) is 5.41 Å². The Morgan fingerprint density at radius 2 is 1.91 bits per heavy atom. The molecular weight excluding hydrogens is 418 g/mol. The predicted molar refractivity (Wildman–Crippen MR) is 127 cm³/mol. The third-order valence-corrected chi connectivity index (χ3v) is 6.41. The molecule has 7 heteroatoms. The summed E-state index contributed by atoms with van der Waals surface area (Å²) in [5.41, 5.74) is 3.18. The molecule has 0 aliphatic carbocycles. The second-order valence-electron chi connectivity index (χ2n) is 9.37. The van der Waals surface area contributed by atoms with E-state index in [1.165, 1.54) is 0 Å². The number of aliphatic carboxylic acids is 1. The highest BCUT2D eigenvalue weighted by Crippen LogP contribution is 2.37. The van der Waals surface area contributed by atoms with E-state index in [0.717, 1.165) is 34.9 Å². The van der Waals surface area contributed by atoms with Crippen LogP contribution in [-0.4, -0.2) is 34.4 Å². The fraction of sp³-hybridized carbons (Fsp3) is 0.346. The van der Waals surface area contributed by atoms with Crippen LogP contribution in [0.1, 0.15) is 60.6 Å². The number of aromatic nitrogens is 1. The quantitative estimate of drug-likeness (QED) is 0.409. The minimum atomic E-state index is -0.803. The third-order valence-electron chi connectivity index (χ3n) is 6.41. The minimum Gasteiger partial charge on any atom is -0.481 e. The van der Waals surface area contributed by atoms with Crippen molar-refractivity contribution in [1.82, 2.24) is 10.3 Å². The topological polar surface area (TPSA) is 111 Å². The third kappa shape index (κ3) is 4.92. The first-order chi connectivity index (χ1) is 15.7. The van der Waals surface area contributed by atoms with E-state index >= 15 is 0 Å². The monoisotopic (exact) mass is 447 g/mol. The Kier molecular flexibility index (Phi) is 6.22. The summed E-state index contributed by atoms with van der Waals surface area (Å²) in [6.45, 7) is 3.98. The van der Waals surface area contributed by atoms with Crippen LogP contribution in [0.4, 0.5) is 5.69 Å². The predicted octanol–water partition coefficient (Wildman–Crippen LogP) is 4.46. The molecule has 1 aliphatic rings. The lowest BCUT2D eigenvalue weighted by atomic mass is 9.83. The van der Waals surface area contributed by atoms with Gasteiger partial charge in [-0.25, -0.2) is 0 Å². The van der Waals surface area contributed by atoms with E-state index in [0.29, 0.717) is 24.3 Å². The number of carbonyl (C=O) groups is 3. The van der Waals surface area contributed by atoms with E-state index in [2.05, 4.69) is 15.6 Å². The molecule has 3 aromatic rings. The maximum atomic E-state index is 12.5. The molecular formula is C26H29N3O4. The van der Waals surface area contributed by atoms with E-state index in [1.54, 1.807) is 13.8 Å². The molecule has 4 rings (SSSR count). The van der Waals surface area contributed by atoms with Crippen molar-refractivity contribution in [2.75, 3.05) is 11.9 Å². The molecule has 1 unspecified atom stereocenters. The average molecular weight is 448 g/mol. The molecule has 2 amide bonds. The minimum absolute atomic E-state index is 0.0753. The van der Waals surface area contributed by atoms with Gasteiger partial charge in [-0.3, -0.25) is 14.4 Å². The van der Waals surface area contributed by atoms with E-state index in [-0.39, 0.29) is 24.2 Å². The van der Waals surface area contributed by atoms with Gasteiger partial charge in [0, 0.05) is 29.1 Å². The summed E-state index contributed by atoms with van der Waals surface area (Å²) < 4.78 is 0. The number of H-pyrrole nitrogens is 1. The number of rotatable bonds is 8. The van der Waals surface area contributed by atoms with E-state index in [1.807, 2.05) is 48.5 Å². The van der Waals surface area contributed by atoms with Crippen molar-refractivity contribution < 1.29 is 19.5 Å². The summed E-state index contributed by atoms with van der Waals surface area (Å²) in [6.07, 6.45) is 2.35. The number of aromatic amines is 1. The van der Waals surface area contributed by atoms with Crippen molar-refractivity contribution in [1.29, 1.82) is 0 Å². The number of hydrogen-bond donors (Lipinski definition) is 4. The molecule has 0 bridgehead atoms. The lowest BCUT2D eigenvalue weighted by Gasteiger charge is -2.25. The van der Waals surface area contributed by atoms with Crippen LogP contribution in [0.3, 0.4) is 0 Å². The first kappa shape index (κ1) is 22.6. The second kappa shape index (κ2) is 9.10. The van der Waals surface area contributed by atoms with E-state index < -0.39 is 11.4 Å². The van der Waals surface area contributed by atoms with E-state index in [9.17, 15) is 19.5 Å². The number of anilines is 1. The molecule has 1 aromatic heterocycles. The Morgan fingerprint density at radius 3 is 2.64 bits per heavy atom. The average Bonchev–Trinajstić information content (AvgIpc) is 3.16. The van der Waals surface area contributed by atoms with Gasteiger partial charge in [0.1, 0.15) is 5.69 Å². The van der Waals surface area contributed by atoms with Gasteiger partial charge in [0.15, 0.2) is 0 Å². The van der Waals surface area contributed by atoms with Crippen molar-refractivity contribution in [3.05, 3.63) is 65.4 Å². The summed E-state index contributed by atoms with van der Waals surface area (Å²) in [4.78, 5) is 39.7. The maximum Gasteiger partial charge on any atom is 0.309 e. The van der Waals surface area contributed by atoms with Crippen LogP contribution < -0.4 is 10.6 Å². The summed E-state index contributed by atoms with van der Waals surface area (Å²) in [6, 6.07) is 15.2. The molecule has 0 saturated heterocycles. The van der Waals surface area contributed by atoms with Crippen LogP contribution in [0.2, 0.25) is 0 Å². The van der Waals surface area contributed by atoms with Crippen molar-refractivity contribution in [3.63, 3.8) is 0 Å². The smallest absolute Gasteiger partial charge is 0.309 e. The van der Waals surface area contributed by atoms with Gasteiger partial charge in [-0.05, 0) is 56.0 Å². The van der Waals surface area contributed by atoms with Crippen LogP contribution in [0.5, 0.6) is 0 Å². The molecule has 2 aromatic carbocycles. The van der Waals surface area contributed by atoms with Gasteiger partial charge in [0.05, 0.1) is 11.8 Å². The zero-order chi connectivity index (χ0) is 23.6. The van der Waals surface area contributed by atoms with E-state index in [4.69, 9.17) is 0 Å². The molecule has 0 radical (unpaired) electrons. The number of hydrogen-bond acceptors (Lipinski definition) is 3. The molecule has 1 aliphatic heterocycles. The van der Waals surface area contributed by atoms with Gasteiger partial charge in [-0.1, -0.05) is 36.8 Å². The zero-order valence-electron chi connectivity index (χ0n) is 18.9. The van der Waals surface area contributed by atoms with Crippen LogP contribution in [0.25, 0.3) is 10.9 Å². The Bertz CT molecular complexity index is 1200. The number of carbonyl (C=O) groups excluding carboxylic acids is 2. The Labute approximate surface area is 192 Å². The Hall–Kier alpha value is -3.61. The van der Waals surface area contributed by atoms with Gasteiger partial charge in [-0.15, -0.1) is 0 Å². The van der Waals surface area contributed by atoms with Crippen LogP contribution in [-0.2, 0) is 16.0 Å². The summed E-state index contributed by atoms with van der Waals surface area (Å²) in [5, 5.41) is 16.2. The van der Waals surface area contributed by atoms with Gasteiger partial charge in [-0.2, -0.15) is 0 Å². The highest BCUT2D eigenvalue weighted by molar-refractivity contribution is 6.04. The number of carboxylic acids is 1. The molecule has 0 saturated carbocycles. The fourth-order valence-electron chi connectivity index (χ4n) is 4.43. The number of amides is 2. The zero-order valence-corrected chi connectivity index (χ0v) is 18.9. The molecule has 172 valence electrons. The molecule has 4 N–H and O–H groups in total. The maximum absolute atomic E-state index is 12.5. The van der Waals surface area contributed by atoms with Gasteiger partial charge >= 0.3 is 5.97 Å². The lowest BCUT2D eigenvalue weighted by Crippen LogP contribution is -2.35. The number of fused-ring (bicyclic) bond motifs is 3. The Balaban J connectivity index is 1.55. The number of benzene rings is 2. The highest BCUT2D eigenvalue weighted by atomic mass is 16.4. The highest BCUT2D eigenvalue weighted by Gasteiger charge is 2.31. The normalized spacial score (nSPS) is 15.7. The Morgan fingerprint density at radius 1 is 1.15 bits per heavy atom. The van der Waals surface area contributed by atoms with Crippen LogP contribution >= 0.6 is 0 Å². The van der Waals surface area contributed by atoms with Crippen LogP contribution in [0.15, 0.2) is 48.5 Å². The molecule has 1 atom stereocenters.